The van der Waals surface area contributed by atoms with Crippen LogP contribution < -0.4 is 4.74 Å². The van der Waals surface area contributed by atoms with Crippen molar-refractivity contribution < 1.29 is 4.74 Å². The lowest BCUT2D eigenvalue weighted by atomic mass is 9.41. The van der Waals surface area contributed by atoms with Crippen LogP contribution >= 0.6 is 0 Å². The van der Waals surface area contributed by atoms with Crippen molar-refractivity contribution in [1.82, 2.24) is 19.6 Å². The standard InChI is InChI=1S/C19H17BN6O/c1-27-18-7-17(13-3-2-6-20(8-13)12-22)25-19-16(11-24-26(18)19)14-4-5-15(9-21)23-10-14/h4-5,7,10-11,13H,2-3,6,8H2,1H3. The Morgan fingerprint density at radius 1 is 1.30 bits per heavy atom. The van der Waals surface area contributed by atoms with E-state index < -0.39 is 0 Å². The average molecular weight is 356 g/mol. The highest BCUT2D eigenvalue weighted by Crippen LogP contribution is 2.35. The quantitative estimate of drug-likeness (QED) is 0.669. The Labute approximate surface area is 157 Å². The minimum absolute atomic E-state index is 0.0832. The Kier molecular flexibility index (Phi) is 4.47. The van der Waals surface area contributed by atoms with Gasteiger partial charge in [0.05, 0.1) is 19.0 Å². The van der Waals surface area contributed by atoms with Gasteiger partial charge in [-0.25, -0.2) is 15.2 Å². The van der Waals surface area contributed by atoms with E-state index in [0.29, 0.717) is 17.2 Å². The van der Waals surface area contributed by atoms with E-state index in [1.165, 1.54) is 0 Å². The van der Waals surface area contributed by atoms with Gasteiger partial charge >= 0.3 is 0 Å². The second-order valence-electron chi connectivity index (χ2n) is 6.75. The van der Waals surface area contributed by atoms with E-state index in [2.05, 4.69) is 16.1 Å². The fourth-order valence-corrected chi connectivity index (χ4v) is 3.71. The number of ether oxygens (including phenoxy) is 1. The first-order valence-corrected chi connectivity index (χ1v) is 8.92. The molecule has 0 aliphatic carbocycles. The zero-order valence-electron chi connectivity index (χ0n) is 15.0. The Morgan fingerprint density at radius 2 is 2.19 bits per heavy atom. The van der Waals surface area contributed by atoms with Crippen molar-refractivity contribution >= 4 is 12.4 Å². The van der Waals surface area contributed by atoms with E-state index in [0.717, 1.165) is 42.3 Å². The molecular weight excluding hydrogens is 339 g/mol. The van der Waals surface area contributed by atoms with E-state index >= 15 is 0 Å². The van der Waals surface area contributed by atoms with Gasteiger partial charge in [0.1, 0.15) is 11.8 Å². The molecule has 0 bridgehead atoms. The van der Waals surface area contributed by atoms with Crippen LogP contribution in [0, 0.1) is 22.6 Å². The fraction of sp³-hybridized carbons (Fsp3) is 0.316. The largest absolute Gasteiger partial charge is 0.481 e. The molecule has 3 aromatic heterocycles. The summed E-state index contributed by atoms with van der Waals surface area (Å²) < 4.78 is 7.20. The van der Waals surface area contributed by atoms with Crippen LogP contribution in [0.25, 0.3) is 16.8 Å². The van der Waals surface area contributed by atoms with Gasteiger partial charge in [-0.15, -0.1) is 0 Å². The van der Waals surface area contributed by atoms with Crippen molar-refractivity contribution in [2.24, 2.45) is 0 Å². The van der Waals surface area contributed by atoms with Crippen molar-refractivity contribution in [3.8, 4) is 29.0 Å². The molecule has 0 aromatic carbocycles. The number of nitriles is 2. The molecule has 0 spiro atoms. The Balaban J connectivity index is 1.80. The normalized spacial score (nSPS) is 16.7. The van der Waals surface area contributed by atoms with Gasteiger partial charge in [0.25, 0.3) is 6.71 Å². The summed E-state index contributed by atoms with van der Waals surface area (Å²) in [5.41, 5.74) is 3.66. The van der Waals surface area contributed by atoms with E-state index in [9.17, 15) is 5.26 Å². The lowest BCUT2D eigenvalue weighted by Gasteiger charge is -2.23. The number of hydrogen-bond donors (Lipinski definition) is 0. The van der Waals surface area contributed by atoms with Crippen molar-refractivity contribution in [3.05, 3.63) is 42.0 Å². The first kappa shape index (κ1) is 17.1. The molecule has 0 N–H and O–H groups in total. The number of hydrogen-bond acceptors (Lipinski definition) is 6. The summed E-state index contributed by atoms with van der Waals surface area (Å²) in [5.74, 6) is 3.25. The van der Waals surface area contributed by atoms with Crippen molar-refractivity contribution in [2.75, 3.05) is 7.11 Å². The molecule has 1 unspecified atom stereocenters. The third kappa shape index (κ3) is 3.11. The maximum atomic E-state index is 9.29. The van der Waals surface area contributed by atoms with Gasteiger partial charge in [0.15, 0.2) is 5.65 Å². The molecule has 7 nitrogen and oxygen atoms in total. The smallest absolute Gasteiger partial charge is 0.268 e. The minimum Gasteiger partial charge on any atom is -0.481 e. The predicted molar refractivity (Wildman–Crippen MR) is 100 cm³/mol. The van der Waals surface area contributed by atoms with Gasteiger partial charge in [-0.2, -0.15) is 14.9 Å². The van der Waals surface area contributed by atoms with Crippen LogP contribution in [0.1, 0.15) is 30.1 Å². The molecule has 1 fully saturated rings. The fourth-order valence-electron chi connectivity index (χ4n) is 3.71. The summed E-state index contributed by atoms with van der Waals surface area (Å²) in [6, 6.07) is 7.47. The molecule has 1 saturated heterocycles. The van der Waals surface area contributed by atoms with Crippen LogP contribution in [0.3, 0.4) is 0 Å². The molecule has 0 saturated carbocycles. The van der Waals surface area contributed by atoms with Gasteiger partial charge in [0.2, 0.25) is 5.88 Å². The lowest BCUT2D eigenvalue weighted by Crippen LogP contribution is -2.21. The van der Waals surface area contributed by atoms with Crippen LogP contribution in [-0.2, 0) is 0 Å². The molecule has 27 heavy (non-hydrogen) atoms. The van der Waals surface area contributed by atoms with Gasteiger partial charge in [0, 0.05) is 29.4 Å². The molecule has 1 atom stereocenters. The summed E-state index contributed by atoms with van der Waals surface area (Å²) in [4.78, 5) is 9.02. The molecule has 4 heterocycles. The van der Waals surface area contributed by atoms with Crippen LogP contribution in [-0.4, -0.2) is 33.4 Å². The second kappa shape index (κ2) is 7.09. The van der Waals surface area contributed by atoms with Gasteiger partial charge in [-0.1, -0.05) is 19.1 Å². The maximum Gasteiger partial charge on any atom is 0.268 e. The third-order valence-electron chi connectivity index (χ3n) is 5.13. The van der Waals surface area contributed by atoms with E-state index in [4.69, 9.17) is 15.0 Å². The maximum absolute atomic E-state index is 9.29. The summed E-state index contributed by atoms with van der Waals surface area (Å²) in [5, 5.41) is 22.6. The Hall–Kier alpha value is -3.39. The van der Waals surface area contributed by atoms with Gasteiger partial charge in [-0.05, 0) is 24.5 Å². The summed E-state index contributed by atoms with van der Waals surface area (Å²) in [6.45, 7) is 0.0832. The minimum atomic E-state index is 0.0832. The van der Waals surface area contributed by atoms with Gasteiger partial charge < -0.3 is 4.74 Å². The molecule has 132 valence electrons. The number of methoxy groups -OCH3 is 1. The number of fused-ring (bicyclic) bond motifs is 1. The van der Waals surface area contributed by atoms with Crippen LogP contribution in [0.5, 0.6) is 5.88 Å². The molecule has 8 heteroatoms. The average Bonchev–Trinajstić information content (AvgIpc) is 3.17. The van der Waals surface area contributed by atoms with E-state index in [1.54, 1.807) is 30.1 Å². The van der Waals surface area contributed by atoms with Crippen molar-refractivity contribution in [2.45, 2.75) is 31.4 Å². The van der Waals surface area contributed by atoms with Crippen LogP contribution in [0.15, 0.2) is 30.6 Å². The zero-order chi connectivity index (χ0) is 18.8. The first-order valence-electron chi connectivity index (χ1n) is 8.92. The molecule has 0 amide bonds. The third-order valence-corrected chi connectivity index (χ3v) is 5.13. The van der Waals surface area contributed by atoms with Gasteiger partial charge in [-0.3, -0.25) is 0 Å². The number of pyridine rings is 1. The Bertz CT molecular complexity index is 1060. The molecule has 3 aromatic rings. The molecule has 4 rings (SSSR count). The van der Waals surface area contributed by atoms with Crippen LogP contribution in [0.4, 0.5) is 0 Å². The summed E-state index contributed by atoms with van der Waals surface area (Å²) in [7, 11) is 1.61. The second-order valence-corrected chi connectivity index (χ2v) is 6.75. The first-order chi connectivity index (χ1) is 13.2. The summed E-state index contributed by atoms with van der Waals surface area (Å²) >= 11 is 0. The molecule has 0 radical (unpaired) electrons. The Morgan fingerprint density at radius 3 is 2.89 bits per heavy atom. The molecular formula is C19H17BN6O. The van der Waals surface area contributed by atoms with Crippen molar-refractivity contribution in [3.63, 3.8) is 0 Å². The molecule has 1 aliphatic heterocycles. The topological polar surface area (TPSA) is 99.9 Å². The highest BCUT2D eigenvalue weighted by molar-refractivity contribution is 6.67. The number of aromatic nitrogens is 4. The number of nitrogens with zero attached hydrogens (tertiary/aromatic N) is 6. The molecule has 1 aliphatic rings. The lowest BCUT2D eigenvalue weighted by molar-refractivity contribution is 0.383. The van der Waals surface area contributed by atoms with E-state index in [-0.39, 0.29) is 12.6 Å². The highest BCUT2D eigenvalue weighted by atomic mass is 16.5. The van der Waals surface area contributed by atoms with Crippen LogP contribution in [0.2, 0.25) is 12.6 Å². The highest BCUT2D eigenvalue weighted by Gasteiger charge is 2.28. The predicted octanol–water partition coefficient (Wildman–Crippen LogP) is 3.11. The SMILES string of the molecule is COc1cc(C2CCCB(C#N)C2)nc2c(-c3ccc(C#N)nc3)cnn12. The number of rotatable bonds is 3. The summed E-state index contributed by atoms with van der Waals surface area (Å²) in [6.07, 6.45) is 7.22. The van der Waals surface area contributed by atoms with E-state index in [1.807, 2.05) is 18.2 Å². The van der Waals surface area contributed by atoms with Crippen molar-refractivity contribution in [1.29, 1.82) is 10.5 Å². The monoisotopic (exact) mass is 356 g/mol. The zero-order valence-corrected chi connectivity index (χ0v) is 15.0.